The van der Waals surface area contributed by atoms with Crippen molar-refractivity contribution in [1.82, 2.24) is 15.2 Å². The van der Waals surface area contributed by atoms with E-state index in [9.17, 15) is 14.4 Å². The summed E-state index contributed by atoms with van der Waals surface area (Å²) in [6.45, 7) is 3.69. The van der Waals surface area contributed by atoms with Crippen LogP contribution in [0.4, 0.5) is 4.79 Å². The second-order valence-corrected chi connectivity index (χ2v) is 6.34. The molecule has 2 N–H and O–H groups in total. The van der Waals surface area contributed by atoms with E-state index in [2.05, 4.69) is 10.6 Å². The summed E-state index contributed by atoms with van der Waals surface area (Å²) in [5.41, 5.74) is 1.90. The summed E-state index contributed by atoms with van der Waals surface area (Å²) in [4.78, 5) is 35.9. The van der Waals surface area contributed by atoms with Gasteiger partial charge in [0, 0.05) is 11.4 Å². The van der Waals surface area contributed by atoms with Crippen LogP contribution in [-0.4, -0.2) is 29.1 Å². The number of amides is 3. The number of hydrogen-bond acceptors (Lipinski definition) is 6. The summed E-state index contributed by atoms with van der Waals surface area (Å²) in [5.74, 6) is -0.0785. The van der Waals surface area contributed by atoms with Crippen molar-refractivity contribution in [1.29, 1.82) is 0 Å². The zero-order valence-corrected chi connectivity index (χ0v) is 16.1. The topological polar surface area (TPSA) is 116 Å². The smallest absolute Gasteiger partial charge is 0.340 e. The largest absolute Gasteiger partial charge is 0.467 e. The number of carbonyl (C=O) groups is 3. The lowest BCUT2D eigenvalue weighted by atomic mass is 10.2. The Morgan fingerprint density at radius 2 is 1.76 bits per heavy atom. The molecule has 0 aromatic carbocycles. The van der Waals surface area contributed by atoms with Crippen LogP contribution in [0.5, 0.6) is 0 Å². The first-order chi connectivity index (χ1) is 13.9. The Balaban J connectivity index is 1.49. The van der Waals surface area contributed by atoms with Crippen molar-refractivity contribution in [3.63, 3.8) is 0 Å². The van der Waals surface area contributed by atoms with E-state index in [1.807, 2.05) is 17.6 Å². The predicted octanol–water partition coefficient (Wildman–Crippen LogP) is 2.52. The van der Waals surface area contributed by atoms with Crippen molar-refractivity contribution in [2.75, 3.05) is 6.61 Å². The summed E-state index contributed by atoms with van der Waals surface area (Å²) in [6, 6.07) is 7.99. The number of nitrogens with zero attached hydrogens (tertiary/aromatic N) is 1. The summed E-state index contributed by atoms with van der Waals surface area (Å²) in [6.07, 6.45) is 3.06. The number of hydrogen-bond donors (Lipinski definition) is 2. The molecule has 3 rings (SSSR count). The van der Waals surface area contributed by atoms with Crippen LogP contribution < -0.4 is 10.6 Å². The molecule has 0 aliphatic heterocycles. The third-order valence-corrected chi connectivity index (χ3v) is 4.28. The molecule has 0 unspecified atom stereocenters. The van der Waals surface area contributed by atoms with Gasteiger partial charge in [-0.1, -0.05) is 0 Å². The summed E-state index contributed by atoms with van der Waals surface area (Å²) >= 11 is 0. The molecule has 3 aromatic rings. The Morgan fingerprint density at radius 1 is 1.07 bits per heavy atom. The zero-order valence-electron chi connectivity index (χ0n) is 16.1. The van der Waals surface area contributed by atoms with E-state index in [1.54, 1.807) is 37.5 Å². The quantitative estimate of drug-likeness (QED) is 0.590. The third-order valence-electron chi connectivity index (χ3n) is 4.28. The molecule has 0 atom stereocenters. The van der Waals surface area contributed by atoms with E-state index in [0.29, 0.717) is 23.6 Å². The second kappa shape index (κ2) is 8.96. The summed E-state index contributed by atoms with van der Waals surface area (Å²) in [5, 5.41) is 4.54. The van der Waals surface area contributed by atoms with E-state index in [4.69, 9.17) is 13.6 Å². The molecular weight excluding hydrogens is 378 g/mol. The number of carbonyl (C=O) groups excluding carboxylic acids is 3. The van der Waals surface area contributed by atoms with E-state index in [1.165, 1.54) is 6.26 Å². The maximum absolute atomic E-state index is 12.4. The van der Waals surface area contributed by atoms with Gasteiger partial charge < -0.3 is 23.5 Å². The van der Waals surface area contributed by atoms with Gasteiger partial charge in [-0.2, -0.15) is 0 Å². The van der Waals surface area contributed by atoms with Gasteiger partial charge in [-0.05, 0) is 44.2 Å². The predicted molar refractivity (Wildman–Crippen MR) is 101 cm³/mol. The highest BCUT2D eigenvalue weighted by atomic mass is 16.5. The Bertz CT molecular complexity index is 986. The number of rotatable bonds is 7. The number of aromatic nitrogens is 1. The van der Waals surface area contributed by atoms with Gasteiger partial charge >= 0.3 is 12.0 Å². The average molecular weight is 399 g/mol. The fraction of sp³-hybridized carbons (Fsp3) is 0.250. The number of nitrogens with one attached hydrogen (secondary N) is 2. The highest BCUT2D eigenvalue weighted by Crippen LogP contribution is 2.18. The van der Waals surface area contributed by atoms with Crippen molar-refractivity contribution < 1.29 is 28.0 Å². The summed E-state index contributed by atoms with van der Waals surface area (Å²) < 4.78 is 17.4. The van der Waals surface area contributed by atoms with Crippen LogP contribution in [0, 0.1) is 13.8 Å². The van der Waals surface area contributed by atoms with Crippen LogP contribution in [0.15, 0.2) is 51.7 Å². The van der Waals surface area contributed by atoms with E-state index in [-0.39, 0.29) is 6.54 Å². The number of imide groups is 1. The van der Waals surface area contributed by atoms with Crippen LogP contribution in [-0.2, 0) is 22.6 Å². The van der Waals surface area contributed by atoms with Gasteiger partial charge in [-0.3, -0.25) is 10.1 Å². The van der Waals surface area contributed by atoms with Gasteiger partial charge in [-0.25, -0.2) is 9.59 Å². The standard InChI is InChI=1S/C20H21N3O6/c1-13-9-17(14(2)23(13)11-16-6-4-8-28-16)19(25)29-12-18(24)22-20(26)21-10-15-5-3-7-27-15/h3-9H,10-12H2,1-2H3,(H2,21,22,24,26). The molecule has 0 aliphatic rings. The van der Waals surface area contributed by atoms with Crippen LogP contribution in [0.2, 0.25) is 0 Å². The molecule has 0 spiro atoms. The van der Waals surface area contributed by atoms with Crippen molar-refractivity contribution in [2.45, 2.75) is 26.9 Å². The number of urea groups is 1. The highest BCUT2D eigenvalue weighted by Gasteiger charge is 2.19. The van der Waals surface area contributed by atoms with Crippen LogP contribution in [0.25, 0.3) is 0 Å². The molecule has 152 valence electrons. The number of ether oxygens (including phenoxy) is 1. The first-order valence-corrected chi connectivity index (χ1v) is 8.90. The molecule has 9 nitrogen and oxygen atoms in total. The molecule has 29 heavy (non-hydrogen) atoms. The van der Waals surface area contributed by atoms with Crippen LogP contribution >= 0.6 is 0 Å². The zero-order chi connectivity index (χ0) is 20.8. The molecule has 0 bridgehead atoms. The molecule has 9 heteroatoms. The molecule has 0 fully saturated rings. The minimum Gasteiger partial charge on any atom is -0.467 e. The molecule has 3 heterocycles. The molecule has 3 amide bonds. The fourth-order valence-electron chi connectivity index (χ4n) is 2.81. The van der Waals surface area contributed by atoms with Gasteiger partial charge in [0.1, 0.15) is 11.5 Å². The van der Waals surface area contributed by atoms with Crippen molar-refractivity contribution in [2.24, 2.45) is 0 Å². The maximum Gasteiger partial charge on any atom is 0.340 e. The molecule has 0 saturated carbocycles. The maximum atomic E-state index is 12.4. The molecule has 0 radical (unpaired) electrons. The Labute approximate surface area is 166 Å². The van der Waals surface area contributed by atoms with Crippen LogP contribution in [0.1, 0.15) is 33.3 Å². The Kier molecular flexibility index (Phi) is 6.18. The highest BCUT2D eigenvalue weighted by molar-refractivity contribution is 5.97. The van der Waals surface area contributed by atoms with Crippen molar-refractivity contribution in [3.05, 3.63) is 71.3 Å². The molecule has 0 aliphatic carbocycles. The van der Waals surface area contributed by atoms with Gasteiger partial charge in [0.05, 0.1) is 31.2 Å². The van der Waals surface area contributed by atoms with Crippen LogP contribution in [0.3, 0.4) is 0 Å². The van der Waals surface area contributed by atoms with E-state index < -0.39 is 24.5 Å². The average Bonchev–Trinajstić information content (AvgIpc) is 3.44. The normalized spacial score (nSPS) is 10.6. The third kappa shape index (κ3) is 5.16. The molecule has 0 saturated heterocycles. The Hall–Kier alpha value is -3.75. The summed E-state index contributed by atoms with van der Waals surface area (Å²) in [7, 11) is 0. The van der Waals surface area contributed by atoms with Crippen molar-refractivity contribution >= 4 is 17.9 Å². The van der Waals surface area contributed by atoms with Gasteiger partial charge in [0.2, 0.25) is 0 Å². The first-order valence-electron chi connectivity index (χ1n) is 8.90. The first kappa shape index (κ1) is 20.0. The van der Waals surface area contributed by atoms with Gasteiger partial charge in [-0.15, -0.1) is 0 Å². The molecular formula is C20H21N3O6. The number of esters is 1. The SMILES string of the molecule is Cc1cc(C(=O)OCC(=O)NC(=O)NCc2ccco2)c(C)n1Cc1ccco1. The number of aryl methyl sites for hydroxylation is 1. The van der Waals surface area contributed by atoms with Gasteiger partial charge in [0.25, 0.3) is 5.91 Å². The Morgan fingerprint density at radius 3 is 2.41 bits per heavy atom. The van der Waals surface area contributed by atoms with E-state index in [0.717, 1.165) is 11.5 Å². The van der Waals surface area contributed by atoms with E-state index >= 15 is 0 Å². The second-order valence-electron chi connectivity index (χ2n) is 6.34. The van der Waals surface area contributed by atoms with Crippen molar-refractivity contribution in [3.8, 4) is 0 Å². The lowest BCUT2D eigenvalue weighted by Crippen LogP contribution is -2.41. The minimum absolute atomic E-state index is 0.132. The minimum atomic E-state index is -0.736. The lowest BCUT2D eigenvalue weighted by Gasteiger charge is -2.08. The molecule has 3 aromatic heterocycles. The number of furan rings is 2. The monoisotopic (exact) mass is 399 g/mol. The van der Waals surface area contributed by atoms with Gasteiger partial charge in [0.15, 0.2) is 6.61 Å². The lowest BCUT2D eigenvalue weighted by molar-refractivity contribution is -0.123. The fourth-order valence-corrected chi connectivity index (χ4v) is 2.81.